The summed E-state index contributed by atoms with van der Waals surface area (Å²) in [6.07, 6.45) is 2.98. The van der Waals surface area contributed by atoms with E-state index in [0.29, 0.717) is 30.8 Å². The molecule has 0 saturated carbocycles. The van der Waals surface area contributed by atoms with Crippen LogP contribution in [0.2, 0.25) is 0 Å². The minimum atomic E-state index is 0.312. The number of nitrogens with one attached hydrogen (secondary N) is 2. The molecule has 3 rings (SSSR count). The number of rotatable bonds is 7. The molecule has 174 valence electrons. The van der Waals surface area contributed by atoms with Gasteiger partial charge in [0.2, 0.25) is 0 Å². The van der Waals surface area contributed by atoms with E-state index in [4.69, 9.17) is 9.73 Å². The van der Waals surface area contributed by atoms with Crippen LogP contribution in [0.15, 0.2) is 29.3 Å². The largest absolute Gasteiger partial charge is 0.373 e. The normalized spacial score (nSPS) is 24.5. The van der Waals surface area contributed by atoms with Crippen LogP contribution >= 0.6 is 0 Å². The summed E-state index contributed by atoms with van der Waals surface area (Å²) in [5, 5.41) is 7.07. The predicted octanol–water partition coefficient (Wildman–Crippen LogP) is 3.22. The summed E-state index contributed by atoms with van der Waals surface area (Å²) in [5.74, 6) is 0.936. The van der Waals surface area contributed by atoms with Crippen LogP contribution in [-0.2, 0) is 17.8 Å². The van der Waals surface area contributed by atoms with Crippen molar-refractivity contribution < 1.29 is 4.74 Å². The second kappa shape index (κ2) is 11.8. The van der Waals surface area contributed by atoms with Gasteiger partial charge in [0.15, 0.2) is 5.96 Å². The molecular formula is C25H43N5O. The van der Waals surface area contributed by atoms with Crippen LogP contribution in [0.4, 0.5) is 0 Å². The van der Waals surface area contributed by atoms with Crippen LogP contribution in [0, 0.1) is 0 Å². The molecule has 0 aliphatic carbocycles. The van der Waals surface area contributed by atoms with Gasteiger partial charge in [-0.1, -0.05) is 24.3 Å². The van der Waals surface area contributed by atoms with Gasteiger partial charge < -0.3 is 20.3 Å². The third-order valence-corrected chi connectivity index (χ3v) is 6.29. The first kappa shape index (κ1) is 24.0. The minimum absolute atomic E-state index is 0.312. The molecule has 0 spiro atoms. The quantitative estimate of drug-likeness (QED) is 0.515. The molecule has 0 amide bonds. The summed E-state index contributed by atoms with van der Waals surface area (Å²) in [7, 11) is 0. The number of hydrogen-bond acceptors (Lipinski definition) is 4. The maximum absolute atomic E-state index is 5.85. The lowest BCUT2D eigenvalue weighted by molar-refractivity contribution is -0.0704. The third-order valence-electron chi connectivity index (χ3n) is 6.29. The number of hydrogen-bond donors (Lipinski definition) is 2. The standard InChI is InChI=1S/C25H43N5O/c1-6-26-25(28-24-11-13-30(14-12-24)19(2)3)27-15-22-7-9-23(10-8-22)18-29-16-20(4)31-21(5)17-29/h7-10,19-21,24H,6,11-18H2,1-5H3,(H2,26,27,28). The number of benzene rings is 1. The highest BCUT2D eigenvalue weighted by Gasteiger charge is 2.22. The zero-order chi connectivity index (χ0) is 22.2. The van der Waals surface area contributed by atoms with Gasteiger partial charge in [0.05, 0.1) is 18.8 Å². The van der Waals surface area contributed by atoms with E-state index in [-0.39, 0.29) is 0 Å². The van der Waals surface area contributed by atoms with Gasteiger partial charge in [-0.3, -0.25) is 4.90 Å². The maximum atomic E-state index is 5.85. The van der Waals surface area contributed by atoms with Gasteiger partial charge in [-0.25, -0.2) is 4.99 Å². The number of piperidine rings is 1. The van der Waals surface area contributed by atoms with Gasteiger partial charge in [-0.15, -0.1) is 0 Å². The smallest absolute Gasteiger partial charge is 0.191 e. The summed E-state index contributed by atoms with van der Waals surface area (Å²) in [4.78, 5) is 9.90. The molecule has 31 heavy (non-hydrogen) atoms. The summed E-state index contributed by atoms with van der Waals surface area (Å²) in [6.45, 7) is 17.9. The molecule has 1 aromatic rings. The Morgan fingerprint density at radius 1 is 1.06 bits per heavy atom. The maximum Gasteiger partial charge on any atom is 0.191 e. The SMILES string of the molecule is CCNC(=NCc1ccc(CN2CC(C)OC(C)C2)cc1)NC1CCN(C(C)C)CC1. The van der Waals surface area contributed by atoms with Crippen molar-refractivity contribution in [1.82, 2.24) is 20.4 Å². The Kier molecular flexibility index (Phi) is 9.17. The molecule has 2 saturated heterocycles. The van der Waals surface area contributed by atoms with Crippen LogP contribution < -0.4 is 10.6 Å². The first-order valence-electron chi connectivity index (χ1n) is 12.2. The predicted molar refractivity (Wildman–Crippen MR) is 129 cm³/mol. The van der Waals surface area contributed by atoms with E-state index in [2.05, 4.69) is 79.3 Å². The number of guanidine groups is 1. The molecule has 2 fully saturated rings. The Morgan fingerprint density at radius 3 is 2.26 bits per heavy atom. The van der Waals surface area contributed by atoms with Crippen molar-refractivity contribution in [1.29, 1.82) is 0 Å². The summed E-state index contributed by atoms with van der Waals surface area (Å²) < 4.78 is 5.85. The second-order valence-corrected chi connectivity index (χ2v) is 9.51. The Balaban J connectivity index is 1.50. The van der Waals surface area contributed by atoms with Crippen LogP contribution in [0.1, 0.15) is 58.6 Å². The van der Waals surface area contributed by atoms with Crippen LogP contribution in [-0.4, -0.2) is 72.8 Å². The van der Waals surface area contributed by atoms with Crippen molar-refractivity contribution in [2.45, 2.75) is 84.8 Å². The van der Waals surface area contributed by atoms with Crippen molar-refractivity contribution in [3.05, 3.63) is 35.4 Å². The van der Waals surface area contributed by atoms with Gasteiger partial charge in [0, 0.05) is 51.4 Å². The summed E-state index contributed by atoms with van der Waals surface area (Å²) in [5.41, 5.74) is 2.61. The Morgan fingerprint density at radius 2 is 1.68 bits per heavy atom. The molecule has 6 nitrogen and oxygen atoms in total. The van der Waals surface area contributed by atoms with Crippen LogP contribution in [0.3, 0.4) is 0 Å². The molecule has 0 bridgehead atoms. The highest BCUT2D eigenvalue weighted by molar-refractivity contribution is 5.80. The first-order chi connectivity index (χ1) is 14.9. The Hall–Kier alpha value is -1.63. The molecule has 2 N–H and O–H groups in total. The lowest BCUT2D eigenvalue weighted by atomic mass is 10.0. The third kappa shape index (κ3) is 7.78. The zero-order valence-electron chi connectivity index (χ0n) is 20.2. The number of ether oxygens (including phenoxy) is 1. The van der Waals surface area contributed by atoms with Gasteiger partial charge in [0.25, 0.3) is 0 Å². The van der Waals surface area contributed by atoms with Crippen molar-refractivity contribution in [2.24, 2.45) is 4.99 Å². The molecule has 2 unspecified atom stereocenters. The lowest BCUT2D eigenvalue weighted by Crippen LogP contribution is -2.49. The fourth-order valence-electron chi connectivity index (χ4n) is 4.67. The fraction of sp³-hybridized carbons (Fsp3) is 0.720. The van der Waals surface area contributed by atoms with E-state index < -0.39 is 0 Å². The number of aliphatic imine (C=N–C) groups is 1. The van der Waals surface area contributed by atoms with Crippen LogP contribution in [0.5, 0.6) is 0 Å². The molecule has 2 aliphatic rings. The van der Waals surface area contributed by atoms with Gasteiger partial charge in [-0.05, 0) is 58.6 Å². The number of nitrogens with zero attached hydrogens (tertiary/aromatic N) is 3. The molecule has 1 aromatic carbocycles. The summed E-state index contributed by atoms with van der Waals surface area (Å²) in [6, 6.07) is 10.1. The van der Waals surface area contributed by atoms with Crippen molar-refractivity contribution in [3.63, 3.8) is 0 Å². The highest BCUT2D eigenvalue weighted by atomic mass is 16.5. The Bertz CT molecular complexity index is 672. The van der Waals surface area contributed by atoms with Gasteiger partial charge in [0.1, 0.15) is 0 Å². The Labute approximate surface area is 189 Å². The average molecular weight is 430 g/mol. The fourth-order valence-corrected chi connectivity index (χ4v) is 4.67. The van der Waals surface area contributed by atoms with E-state index in [9.17, 15) is 0 Å². The van der Waals surface area contributed by atoms with E-state index >= 15 is 0 Å². The van der Waals surface area contributed by atoms with Crippen molar-refractivity contribution >= 4 is 5.96 Å². The van der Waals surface area contributed by atoms with E-state index in [0.717, 1.165) is 45.2 Å². The average Bonchev–Trinajstić information content (AvgIpc) is 2.73. The second-order valence-electron chi connectivity index (χ2n) is 9.51. The number of morpholine rings is 1. The topological polar surface area (TPSA) is 52.1 Å². The minimum Gasteiger partial charge on any atom is -0.373 e. The van der Waals surface area contributed by atoms with Gasteiger partial charge in [-0.2, -0.15) is 0 Å². The first-order valence-corrected chi connectivity index (χ1v) is 12.2. The van der Waals surface area contributed by atoms with Gasteiger partial charge >= 0.3 is 0 Å². The lowest BCUT2D eigenvalue weighted by Gasteiger charge is -2.35. The summed E-state index contributed by atoms with van der Waals surface area (Å²) >= 11 is 0. The van der Waals surface area contributed by atoms with Crippen molar-refractivity contribution in [2.75, 3.05) is 32.7 Å². The molecule has 0 radical (unpaired) electrons. The van der Waals surface area contributed by atoms with Crippen LogP contribution in [0.25, 0.3) is 0 Å². The number of likely N-dealkylation sites (tertiary alicyclic amines) is 1. The highest BCUT2D eigenvalue weighted by Crippen LogP contribution is 2.16. The monoisotopic (exact) mass is 429 g/mol. The molecule has 2 atom stereocenters. The molecule has 2 heterocycles. The van der Waals surface area contributed by atoms with E-state index in [1.165, 1.54) is 24.0 Å². The molecule has 2 aliphatic heterocycles. The molecule has 0 aromatic heterocycles. The van der Waals surface area contributed by atoms with Crippen molar-refractivity contribution in [3.8, 4) is 0 Å². The molecular weight excluding hydrogens is 386 g/mol. The van der Waals surface area contributed by atoms with E-state index in [1.54, 1.807) is 0 Å². The zero-order valence-corrected chi connectivity index (χ0v) is 20.2. The van der Waals surface area contributed by atoms with E-state index in [1.807, 2.05) is 0 Å². The molecule has 6 heteroatoms.